The molecule has 1 unspecified atom stereocenters. The predicted molar refractivity (Wildman–Crippen MR) is 242 cm³/mol. The van der Waals surface area contributed by atoms with Gasteiger partial charge in [0.05, 0.1) is 29.6 Å². The molecule has 4 aromatic rings. The summed E-state index contributed by atoms with van der Waals surface area (Å²) in [5, 5.41) is 6.47. The number of carbonyl (C=O) groups excluding carboxylic acids is 4. The first-order valence-electron chi connectivity index (χ1n) is 22.1. The average Bonchev–Trinajstić information content (AvgIpc) is 4.16. The molecule has 0 spiro atoms. The van der Waals surface area contributed by atoms with Crippen molar-refractivity contribution in [3.8, 4) is 22.8 Å². The smallest absolute Gasteiger partial charge is 0.408 e. The Morgan fingerprint density at radius 3 is 2.19 bits per heavy atom. The number of nitrogens with zero attached hydrogens (tertiary/aromatic N) is 2. The molecular weight excluding hydrogens is 835 g/mol. The third-order valence-electron chi connectivity index (χ3n) is 12.9. The lowest BCUT2D eigenvalue weighted by Crippen LogP contribution is -2.60. The van der Waals surface area contributed by atoms with Crippen LogP contribution in [0.1, 0.15) is 85.6 Å². The van der Waals surface area contributed by atoms with Gasteiger partial charge in [0, 0.05) is 29.5 Å². The average molecular weight is 894 g/mol. The number of likely N-dealkylation sites (tertiary alicyclic amines) is 1. The van der Waals surface area contributed by atoms with Gasteiger partial charge in [0.15, 0.2) is 0 Å². The van der Waals surface area contributed by atoms with Gasteiger partial charge < -0.3 is 29.7 Å². The van der Waals surface area contributed by atoms with E-state index < -0.39 is 73.3 Å². The number of methoxy groups -OCH3 is 1. The number of ether oxygens (including phenoxy) is 3. The van der Waals surface area contributed by atoms with E-state index in [1.54, 1.807) is 33.9 Å². The first-order chi connectivity index (χ1) is 30.2. The van der Waals surface area contributed by atoms with E-state index in [0.29, 0.717) is 40.9 Å². The van der Waals surface area contributed by atoms with Crippen LogP contribution in [0.2, 0.25) is 0 Å². The molecule has 2 heterocycles. The van der Waals surface area contributed by atoms with E-state index >= 15 is 0 Å². The molecule has 8 rings (SSSR count). The van der Waals surface area contributed by atoms with Gasteiger partial charge in [0.25, 0.3) is 5.91 Å². The number of pyridine rings is 1. The van der Waals surface area contributed by atoms with Crippen LogP contribution in [0.25, 0.3) is 22.2 Å². The molecule has 5 atom stereocenters. The summed E-state index contributed by atoms with van der Waals surface area (Å²) in [4.78, 5) is 63.8. The van der Waals surface area contributed by atoms with Crippen LogP contribution in [-0.4, -0.2) is 89.8 Å². The van der Waals surface area contributed by atoms with Crippen molar-refractivity contribution in [3.05, 3.63) is 90.5 Å². The quantitative estimate of drug-likeness (QED) is 0.123. The van der Waals surface area contributed by atoms with Crippen molar-refractivity contribution in [3.63, 3.8) is 0 Å². The highest BCUT2D eigenvalue weighted by Crippen LogP contribution is 2.58. The van der Waals surface area contributed by atoms with Gasteiger partial charge in [-0.25, -0.2) is 18.2 Å². The zero-order valence-electron chi connectivity index (χ0n) is 37.6. The van der Waals surface area contributed by atoms with Crippen LogP contribution >= 0.6 is 0 Å². The minimum Gasteiger partial charge on any atom is -0.497 e. The predicted octanol–water partition coefficient (Wildman–Crippen LogP) is 6.70. The van der Waals surface area contributed by atoms with Crippen molar-refractivity contribution in [2.45, 2.75) is 121 Å². The minimum atomic E-state index is -4.14. The number of fused-ring (bicyclic) bond motifs is 1. The molecule has 3 saturated carbocycles. The lowest BCUT2D eigenvalue weighted by atomic mass is 9.85. The first kappa shape index (κ1) is 44.9. The number of nitrogens with one attached hydrogen (secondary N) is 3. The Morgan fingerprint density at radius 1 is 0.906 bits per heavy atom. The van der Waals surface area contributed by atoms with Gasteiger partial charge in [0.2, 0.25) is 21.8 Å². The summed E-state index contributed by atoms with van der Waals surface area (Å²) in [5.74, 6) is -0.925. The molecule has 0 radical (unpaired) electrons. The molecule has 64 heavy (non-hydrogen) atoms. The van der Waals surface area contributed by atoms with Gasteiger partial charge in [-0.3, -0.25) is 19.1 Å². The van der Waals surface area contributed by atoms with E-state index in [4.69, 9.17) is 19.2 Å². The molecule has 3 N–H and O–H groups in total. The fraction of sp³-hybridized carbons (Fsp3) is 0.490. The normalized spacial score (nSPS) is 23.1. The van der Waals surface area contributed by atoms with Gasteiger partial charge in [-0.2, -0.15) is 0 Å². The maximum Gasteiger partial charge on any atom is 0.408 e. The van der Waals surface area contributed by atoms with E-state index in [2.05, 4.69) is 15.4 Å². The second-order valence-corrected chi connectivity index (χ2v) is 22.1. The lowest BCUT2D eigenvalue weighted by molar-refractivity contribution is -0.143. The number of sulfonamides is 1. The third-order valence-corrected chi connectivity index (χ3v) is 15.0. The number of alkyl carbamates (subject to hydrolysis) is 1. The minimum absolute atomic E-state index is 0.0335. The fourth-order valence-electron chi connectivity index (χ4n) is 9.04. The molecule has 1 aliphatic heterocycles. The van der Waals surface area contributed by atoms with Crippen LogP contribution < -0.4 is 24.8 Å². The number of amides is 4. The van der Waals surface area contributed by atoms with Crippen molar-refractivity contribution in [1.82, 2.24) is 25.2 Å². The zero-order valence-corrected chi connectivity index (χ0v) is 38.4. The standard InChI is InChI=1S/C49H59N5O9S/c1-46(2,3)41(51-45(58)63-47(4,5)6)43(56)54-29-34(62-40-26-37(32-16-12-9-13-17-32)50-38-24-33(61-7)20-21-35(38)40)25-39(54)42(55)52-49(28-36(49)31-18-19-31)44(57)53-64(59,60)48(22-23-48)27-30-14-10-8-11-15-30/h8-17,20-21,24,26,31,34,36,39,41H,18-19,22-23,25,27-29H2,1-7H3,(H,51,58)(H,52,55)(H,53,57)/t34-,36?,39+,41-,49+/m1/s1. The molecule has 14 nitrogen and oxygen atoms in total. The number of benzene rings is 3. The van der Waals surface area contributed by atoms with Crippen molar-refractivity contribution in [1.29, 1.82) is 0 Å². The van der Waals surface area contributed by atoms with Crippen LogP contribution in [0.3, 0.4) is 0 Å². The maximum absolute atomic E-state index is 14.9. The summed E-state index contributed by atoms with van der Waals surface area (Å²) in [5.41, 5.74) is -0.185. The molecule has 4 aliphatic rings. The van der Waals surface area contributed by atoms with Crippen LogP contribution in [0.15, 0.2) is 84.9 Å². The number of hydrogen-bond donors (Lipinski definition) is 3. The summed E-state index contributed by atoms with van der Waals surface area (Å²) in [6, 6.07) is 24.0. The van der Waals surface area contributed by atoms with Crippen molar-refractivity contribution in [2.75, 3.05) is 13.7 Å². The number of carbonyl (C=O) groups is 4. The summed E-state index contributed by atoms with van der Waals surface area (Å²) in [6.45, 7) is 10.6. The number of hydrogen-bond acceptors (Lipinski definition) is 10. The van der Waals surface area contributed by atoms with Crippen molar-refractivity contribution >= 4 is 44.7 Å². The molecule has 1 aromatic heterocycles. The summed E-state index contributed by atoms with van der Waals surface area (Å²) >= 11 is 0. The van der Waals surface area contributed by atoms with E-state index in [-0.39, 0.29) is 37.6 Å². The van der Waals surface area contributed by atoms with E-state index in [0.717, 1.165) is 24.0 Å². The summed E-state index contributed by atoms with van der Waals surface area (Å²) < 4.78 is 47.2. The summed E-state index contributed by atoms with van der Waals surface area (Å²) in [6.07, 6.45) is 1.61. The second kappa shape index (κ2) is 16.7. The Bertz CT molecular complexity index is 2550. The topological polar surface area (TPSA) is 182 Å². The Balaban J connectivity index is 1.10. The first-order valence-corrected chi connectivity index (χ1v) is 23.6. The molecule has 4 fully saturated rings. The van der Waals surface area contributed by atoms with Gasteiger partial charge in [-0.1, -0.05) is 81.4 Å². The lowest BCUT2D eigenvalue weighted by Gasteiger charge is -2.36. The summed E-state index contributed by atoms with van der Waals surface area (Å²) in [7, 11) is -2.56. The Labute approximate surface area is 375 Å². The Hall–Kier alpha value is -5.70. The number of aromatic nitrogens is 1. The molecular formula is C49H59N5O9S. The van der Waals surface area contributed by atoms with E-state index in [1.807, 2.05) is 99.6 Å². The third kappa shape index (κ3) is 9.41. The Kier molecular flexibility index (Phi) is 11.7. The van der Waals surface area contributed by atoms with Crippen LogP contribution in [0.4, 0.5) is 4.79 Å². The van der Waals surface area contributed by atoms with Gasteiger partial charge >= 0.3 is 6.09 Å². The van der Waals surface area contributed by atoms with E-state index in [9.17, 15) is 27.6 Å². The molecule has 340 valence electrons. The van der Waals surface area contributed by atoms with E-state index in [1.165, 1.54) is 4.90 Å². The maximum atomic E-state index is 14.9. The van der Waals surface area contributed by atoms with Gasteiger partial charge in [0.1, 0.15) is 40.8 Å². The SMILES string of the molecule is COc1ccc2c(O[C@@H]3C[C@@H](C(=O)N[C@@]4(C(=O)NS(=O)(=O)C5(Cc6ccccc6)CC5)CC4C4CC4)N(C(=O)[C@@H](NC(=O)OC(C)(C)C)C(C)(C)C)C3)cc(-c3ccccc3)nc2c1. The van der Waals surface area contributed by atoms with Crippen LogP contribution in [0.5, 0.6) is 11.5 Å². The highest BCUT2D eigenvalue weighted by molar-refractivity contribution is 7.91. The largest absolute Gasteiger partial charge is 0.497 e. The molecule has 3 aliphatic carbocycles. The molecule has 0 bridgehead atoms. The van der Waals surface area contributed by atoms with Crippen molar-refractivity contribution in [2.24, 2.45) is 17.3 Å². The molecule has 15 heteroatoms. The molecule has 4 amide bonds. The Morgan fingerprint density at radius 2 is 1.58 bits per heavy atom. The van der Waals surface area contributed by atoms with Crippen molar-refractivity contribution < 1.29 is 41.8 Å². The highest BCUT2D eigenvalue weighted by Gasteiger charge is 2.68. The number of rotatable bonds is 14. The zero-order chi connectivity index (χ0) is 45.8. The van der Waals surface area contributed by atoms with Gasteiger partial charge in [-0.15, -0.1) is 0 Å². The monoisotopic (exact) mass is 893 g/mol. The van der Waals surface area contributed by atoms with Gasteiger partial charge in [-0.05, 0) is 94.2 Å². The molecule has 3 aromatic carbocycles. The van der Waals surface area contributed by atoms with Crippen LogP contribution in [0, 0.1) is 17.3 Å². The fourth-order valence-corrected chi connectivity index (χ4v) is 10.7. The highest BCUT2D eigenvalue weighted by atomic mass is 32.2. The molecule has 1 saturated heterocycles. The second-order valence-electron chi connectivity index (χ2n) is 20.1. The van der Waals surface area contributed by atoms with Crippen LogP contribution in [-0.2, 0) is 35.6 Å².